The molecule has 0 aromatic carbocycles. The fraction of sp³-hybridized carbons (Fsp3) is 0.615. The van der Waals surface area contributed by atoms with Crippen molar-refractivity contribution < 1.29 is 9.66 Å². The fourth-order valence-electron chi connectivity index (χ4n) is 2.45. The minimum absolute atomic E-state index is 0.00241. The lowest BCUT2D eigenvalue weighted by Crippen LogP contribution is -2.18. The Kier molecular flexibility index (Phi) is 5.05. The van der Waals surface area contributed by atoms with Gasteiger partial charge in [0.25, 0.3) is 0 Å². The van der Waals surface area contributed by atoms with Gasteiger partial charge in [-0.25, -0.2) is 0 Å². The third kappa shape index (κ3) is 3.53. The summed E-state index contributed by atoms with van der Waals surface area (Å²) in [6.07, 6.45) is 3.19. The molecule has 1 aromatic heterocycles. The number of nitro groups is 1. The lowest BCUT2D eigenvalue weighted by Gasteiger charge is -2.14. The van der Waals surface area contributed by atoms with E-state index < -0.39 is 4.92 Å². The number of thioether (sulfide) groups is 1. The van der Waals surface area contributed by atoms with E-state index in [2.05, 4.69) is 17.2 Å². The summed E-state index contributed by atoms with van der Waals surface area (Å²) in [5, 5.41) is 14.9. The average molecular weight is 297 g/mol. The molecule has 0 amide bonds. The smallest absolute Gasteiger partial charge is 0.311 e. The number of nitrogens with one attached hydrogen (secondary N) is 1. The van der Waals surface area contributed by atoms with Crippen LogP contribution in [-0.4, -0.2) is 34.1 Å². The van der Waals surface area contributed by atoms with Crippen LogP contribution in [-0.2, 0) is 0 Å². The summed E-state index contributed by atoms with van der Waals surface area (Å²) in [5.74, 6) is 1.80. The van der Waals surface area contributed by atoms with Crippen molar-refractivity contribution in [1.29, 1.82) is 0 Å². The zero-order chi connectivity index (χ0) is 14.5. The Hall–Kier alpha value is -1.50. The van der Waals surface area contributed by atoms with Gasteiger partial charge in [-0.15, -0.1) is 0 Å². The highest BCUT2D eigenvalue weighted by molar-refractivity contribution is 7.99. The molecule has 0 spiro atoms. The van der Waals surface area contributed by atoms with Crippen molar-refractivity contribution in [3.8, 4) is 5.88 Å². The van der Waals surface area contributed by atoms with Crippen molar-refractivity contribution in [3.05, 3.63) is 22.2 Å². The number of nitrogens with zero attached hydrogens (tertiary/aromatic N) is 2. The van der Waals surface area contributed by atoms with Crippen LogP contribution in [0, 0.1) is 10.1 Å². The molecule has 1 N–H and O–H groups in total. The highest BCUT2D eigenvalue weighted by Gasteiger charge is 2.27. The molecule has 0 saturated heterocycles. The molecule has 20 heavy (non-hydrogen) atoms. The molecule has 0 radical (unpaired) electrons. The van der Waals surface area contributed by atoms with Crippen LogP contribution in [0.2, 0.25) is 0 Å². The van der Waals surface area contributed by atoms with E-state index in [1.807, 2.05) is 11.8 Å². The molecule has 1 saturated carbocycles. The van der Waals surface area contributed by atoms with E-state index in [-0.39, 0.29) is 11.7 Å². The first kappa shape index (κ1) is 14.9. The van der Waals surface area contributed by atoms with E-state index in [1.54, 1.807) is 0 Å². The van der Waals surface area contributed by atoms with Gasteiger partial charge in [-0.3, -0.25) is 10.1 Å². The molecule has 7 heteroatoms. The zero-order valence-electron chi connectivity index (χ0n) is 11.7. The molecule has 0 bridgehead atoms. The Morgan fingerprint density at radius 1 is 1.55 bits per heavy atom. The highest BCUT2D eigenvalue weighted by atomic mass is 32.2. The Bertz CT molecular complexity index is 484. The van der Waals surface area contributed by atoms with Crippen LogP contribution in [0.5, 0.6) is 5.88 Å². The molecule has 110 valence electrons. The van der Waals surface area contributed by atoms with Gasteiger partial charge in [-0.1, -0.05) is 6.92 Å². The Morgan fingerprint density at radius 2 is 2.35 bits per heavy atom. The number of hydrogen-bond donors (Lipinski definition) is 1. The second-order valence-electron chi connectivity index (χ2n) is 4.71. The maximum absolute atomic E-state index is 11.0. The fourth-order valence-corrected chi connectivity index (χ4v) is 3.60. The van der Waals surface area contributed by atoms with E-state index in [1.165, 1.54) is 19.2 Å². The summed E-state index contributed by atoms with van der Waals surface area (Å²) in [6.45, 7) is 2.15. The summed E-state index contributed by atoms with van der Waals surface area (Å²) in [6, 6.07) is 3.19. The van der Waals surface area contributed by atoms with Gasteiger partial charge in [0.1, 0.15) is 0 Å². The van der Waals surface area contributed by atoms with Crippen molar-refractivity contribution in [1.82, 2.24) is 4.98 Å². The topological polar surface area (TPSA) is 77.3 Å². The first-order chi connectivity index (χ1) is 9.63. The summed E-state index contributed by atoms with van der Waals surface area (Å²) >= 11 is 1.95. The predicted molar refractivity (Wildman–Crippen MR) is 80.6 cm³/mol. The van der Waals surface area contributed by atoms with E-state index >= 15 is 0 Å². The van der Waals surface area contributed by atoms with Gasteiger partial charge in [0.2, 0.25) is 11.7 Å². The lowest BCUT2D eigenvalue weighted by molar-refractivity contribution is -0.384. The Balaban J connectivity index is 2.10. The molecular weight excluding hydrogens is 278 g/mol. The number of pyridine rings is 1. The van der Waals surface area contributed by atoms with Gasteiger partial charge in [0, 0.05) is 23.4 Å². The molecule has 1 aromatic rings. The minimum Gasteiger partial charge on any atom is -0.481 e. The minimum atomic E-state index is -0.415. The van der Waals surface area contributed by atoms with Crippen LogP contribution in [0.1, 0.15) is 26.2 Å². The third-order valence-electron chi connectivity index (χ3n) is 3.38. The first-order valence-electron chi connectivity index (χ1n) is 6.71. The molecule has 1 aliphatic carbocycles. The van der Waals surface area contributed by atoms with Crippen molar-refractivity contribution in [2.45, 2.75) is 37.5 Å². The number of anilines is 1. The summed E-state index contributed by atoms with van der Waals surface area (Å²) in [5.41, 5.74) is -0.00241. The molecule has 0 aliphatic heterocycles. The molecule has 1 aliphatic rings. The molecule has 6 nitrogen and oxygen atoms in total. The Morgan fingerprint density at radius 3 is 3.00 bits per heavy atom. The molecular formula is C13H19N3O3S. The second kappa shape index (κ2) is 6.78. The highest BCUT2D eigenvalue weighted by Crippen LogP contribution is 2.33. The van der Waals surface area contributed by atoms with E-state index in [0.29, 0.717) is 16.9 Å². The number of aromatic nitrogens is 1. The van der Waals surface area contributed by atoms with Crippen LogP contribution in [0.15, 0.2) is 12.1 Å². The number of hydrogen-bond acceptors (Lipinski definition) is 6. The number of rotatable bonds is 6. The van der Waals surface area contributed by atoms with Crippen LogP contribution in [0.25, 0.3) is 0 Å². The van der Waals surface area contributed by atoms with Crippen LogP contribution in [0.4, 0.5) is 11.5 Å². The van der Waals surface area contributed by atoms with Crippen LogP contribution < -0.4 is 10.1 Å². The molecule has 2 rings (SSSR count). The molecule has 2 atom stereocenters. The monoisotopic (exact) mass is 297 g/mol. The summed E-state index contributed by atoms with van der Waals surface area (Å²) < 4.78 is 5.04. The normalized spacial score (nSPS) is 21.7. The SMILES string of the molecule is CCSC1CCC(Nc2nc(OC)ccc2[N+](=O)[O-])C1. The largest absolute Gasteiger partial charge is 0.481 e. The summed E-state index contributed by atoms with van der Waals surface area (Å²) in [7, 11) is 1.50. The van der Waals surface area contributed by atoms with Crippen molar-refractivity contribution >= 4 is 23.3 Å². The van der Waals surface area contributed by atoms with Crippen LogP contribution >= 0.6 is 11.8 Å². The summed E-state index contributed by atoms with van der Waals surface area (Å²) in [4.78, 5) is 14.8. The first-order valence-corrected chi connectivity index (χ1v) is 7.76. The van der Waals surface area contributed by atoms with Gasteiger partial charge in [-0.2, -0.15) is 16.7 Å². The molecule has 1 fully saturated rings. The average Bonchev–Trinajstić information content (AvgIpc) is 2.86. The van der Waals surface area contributed by atoms with Gasteiger partial charge in [0.05, 0.1) is 12.0 Å². The maximum Gasteiger partial charge on any atom is 0.311 e. The van der Waals surface area contributed by atoms with Gasteiger partial charge < -0.3 is 10.1 Å². The number of methoxy groups -OCH3 is 1. The standard InChI is InChI=1S/C13H19N3O3S/c1-3-20-10-5-4-9(8-10)14-13-11(16(17)18)6-7-12(15-13)19-2/h6-7,9-10H,3-5,8H2,1-2H3,(H,14,15). The Labute approximate surface area is 122 Å². The number of ether oxygens (including phenoxy) is 1. The quantitative estimate of drug-likeness (QED) is 0.642. The van der Waals surface area contributed by atoms with Gasteiger partial charge in [-0.05, 0) is 25.0 Å². The van der Waals surface area contributed by atoms with E-state index in [9.17, 15) is 10.1 Å². The van der Waals surface area contributed by atoms with Gasteiger partial charge in [0.15, 0.2) is 0 Å². The van der Waals surface area contributed by atoms with E-state index in [0.717, 1.165) is 25.0 Å². The van der Waals surface area contributed by atoms with Crippen molar-refractivity contribution in [2.24, 2.45) is 0 Å². The van der Waals surface area contributed by atoms with E-state index in [4.69, 9.17) is 4.74 Å². The molecule has 1 heterocycles. The second-order valence-corrected chi connectivity index (χ2v) is 6.29. The zero-order valence-corrected chi connectivity index (χ0v) is 12.5. The third-order valence-corrected chi connectivity index (χ3v) is 4.61. The van der Waals surface area contributed by atoms with Gasteiger partial charge >= 0.3 is 5.69 Å². The molecule has 2 unspecified atom stereocenters. The van der Waals surface area contributed by atoms with Crippen molar-refractivity contribution in [2.75, 3.05) is 18.2 Å². The lowest BCUT2D eigenvalue weighted by atomic mass is 10.2. The van der Waals surface area contributed by atoms with Crippen molar-refractivity contribution in [3.63, 3.8) is 0 Å². The maximum atomic E-state index is 11.0. The van der Waals surface area contributed by atoms with Crippen LogP contribution in [0.3, 0.4) is 0 Å². The predicted octanol–water partition coefficient (Wildman–Crippen LogP) is 3.08.